The topological polar surface area (TPSA) is 12.0 Å². The van der Waals surface area contributed by atoms with Crippen molar-refractivity contribution in [2.45, 2.75) is 12.7 Å². The highest BCUT2D eigenvalue weighted by Gasteiger charge is 2.29. The van der Waals surface area contributed by atoms with E-state index >= 15 is 0 Å². The third kappa shape index (κ3) is 3.99. The molecule has 0 atom stereocenters. The summed E-state index contributed by atoms with van der Waals surface area (Å²) in [4.78, 5) is 0. The van der Waals surface area contributed by atoms with Gasteiger partial charge >= 0.3 is 6.18 Å². The molecule has 0 bridgehead atoms. The molecule has 0 amide bonds. The Hall–Kier alpha value is -1.01. The first-order valence-corrected chi connectivity index (χ1v) is 7.30. The molecule has 0 radical (unpaired) electrons. The normalized spacial score (nSPS) is 11.4. The molecule has 0 aromatic heterocycles. The van der Waals surface area contributed by atoms with Crippen LogP contribution in [-0.2, 0) is 12.7 Å². The Bertz CT molecular complexity index is 594. The van der Waals surface area contributed by atoms with E-state index in [2.05, 4.69) is 37.2 Å². The summed E-state index contributed by atoms with van der Waals surface area (Å²) < 4.78 is 39.2. The SMILES string of the molecule is FC(F)(F)c1ccc(NCc2ccc(Br)c(Br)c2)cc1. The molecule has 1 nitrogen and oxygen atoms in total. The van der Waals surface area contributed by atoms with Crippen molar-refractivity contribution in [2.75, 3.05) is 5.32 Å². The lowest BCUT2D eigenvalue weighted by Crippen LogP contribution is -2.05. The second kappa shape index (κ2) is 6.18. The lowest BCUT2D eigenvalue weighted by molar-refractivity contribution is -0.137. The van der Waals surface area contributed by atoms with Crippen LogP contribution in [0.2, 0.25) is 0 Å². The van der Waals surface area contributed by atoms with Crippen LogP contribution in [0.15, 0.2) is 51.4 Å². The Kier molecular flexibility index (Phi) is 4.75. The highest BCUT2D eigenvalue weighted by atomic mass is 79.9. The average molecular weight is 409 g/mol. The van der Waals surface area contributed by atoms with Gasteiger partial charge in [-0.1, -0.05) is 6.07 Å². The Morgan fingerprint density at radius 2 is 1.55 bits per heavy atom. The fourth-order valence-corrected chi connectivity index (χ4v) is 2.30. The maximum atomic E-state index is 12.4. The van der Waals surface area contributed by atoms with E-state index in [0.717, 1.165) is 26.6 Å². The van der Waals surface area contributed by atoms with Crippen molar-refractivity contribution >= 4 is 37.5 Å². The molecule has 0 aliphatic heterocycles. The second-order valence-corrected chi connectivity index (χ2v) is 5.89. The number of rotatable bonds is 3. The van der Waals surface area contributed by atoms with Crippen LogP contribution in [0.25, 0.3) is 0 Å². The minimum absolute atomic E-state index is 0.539. The molecule has 0 unspecified atom stereocenters. The molecule has 0 spiro atoms. The van der Waals surface area contributed by atoms with Crippen LogP contribution >= 0.6 is 31.9 Å². The van der Waals surface area contributed by atoms with Gasteiger partial charge < -0.3 is 5.32 Å². The zero-order valence-electron chi connectivity index (χ0n) is 10.1. The van der Waals surface area contributed by atoms with E-state index in [9.17, 15) is 13.2 Å². The fourth-order valence-electron chi connectivity index (χ4n) is 1.63. The minimum Gasteiger partial charge on any atom is -0.381 e. The summed E-state index contributed by atoms with van der Waals surface area (Å²) >= 11 is 6.78. The largest absolute Gasteiger partial charge is 0.416 e. The predicted octanol–water partition coefficient (Wildman–Crippen LogP) is 5.84. The van der Waals surface area contributed by atoms with Gasteiger partial charge in [0, 0.05) is 21.2 Å². The molecule has 2 aromatic rings. The molecule has 0 heterocycles. The minimum atomic E-state index is -4.30. The van der Waals surface area contributed by atoms with Crippen molar-refractivity contribution < 1.29 is 13.2 Å². The van der Waals surface area contributed by atoms with E-state index in [0.29, 0.717) is 12.2 Å². The summed E-state index contributed by atoms with van der Waals surface area (Å²) in [5.74, 6) is 0. The van der Waals surface area contributed by atoms with E-state index in [1.165, 1.54) is 12.1 Å². The van der Waals surface area contributed by atoms with Gasteiger partial charge in [0.05, 0.1) is 5.56 Å². The van der Waals surface area contributed by atoms with Crippen LogP contribution in [-0.4, -0.2) is 0 Å². The number of benzene rings is 2. The van der Waals surface area contributed by atoms with E-state index in [1.807, 2.05) is 18.2 Å². The molecule has 2 rings (SSSR count). The van der Waals surface area contributed by atoms with Gasteiger partial charge in [-0.15, -0.1) is 0 Å². The number of alkyl halides is 3. The van der Waals surface area contributed by atoms with Crippen LogP contribution in [0.4, 0.5) is 18.9 Å². The summed E-state index contributed by atoms with van der Waals surface area (Å²) in [6.07, 6.45) is -4.30. The first-order valence-electron chi connectivity index (χ1n) is 5.71. The Morgan fingerprint density at radius 1 is 0.900 bits per heavy atom. The van der Waals surface area contributed by atoms with Crippen LogP contribution in [0.3, 0.4) is 0 Å². The lowest BCUT2D eigenvalue weighted by Gasteiger charge is -2.10. The number of nitrogens with one attached hydrogen (secondary N) is 1. The van der Waals surface area contributed by atoms with E-state index in [1.54, 1.807) is 0 Å². The van der Waals surface area contributed by atoms with E-state index in [-0.39, 0.29) is 0 Å². The summed E-state index contributed by atoms with van der Waals surface area (Å²) in [6.45, 7) is 0.539. The Morgan fingerprint density at radius 3 is 2.10 bits per heavy atom. The van der Waals surface area contributed by atoms with Crippen LogP contribution in [0.5, 0.6) is 0 Å². The van der Waals surface area contributed by atoms with Gasteiger partial charge in [-0.3, -0.25) is 0 Å². The third-order valence-corrected chi connectivity index (χ3v) is 4.57. The van der Waals surface area contributed by atoms with Gasteiger partial charge in [0.2, 0.25) is 0 Å². The van der Waals surface area contributed by atoms with Crippen LogP contribution in [0.1, 0.15) is 11.1 Å². The summed E-state index contributed by atoms with van der Waals surface area (Å²) in [6, 6.07) is 10.8. The van der Waals surface area contributed by atoms with Gasteiger partial charge in [0.25, 0.3) is 0 Å². The second-order valence-electron chi connectivity index (χ2n) is 4.18. The number of hydrogen-bond acceptors (Lipinski definition) is 1. The van der Waals surface area contributed by atoms with Crippen molar-refractivity contribution in [3.63, 3.8) is 0 Å². The first-order chi connectivity index (χ1) is 9.36. The van der Waals surface area contributed by atoms with Gasteiger partial charge in [0.1, 0.15) is 0 Å². The summed E-state index contributed by atoms with van der Waals surface area (Å²) in [5.41, 5.74) is 1.03. The number of hydrogen-bond donors (Lipinski definition) is 1. The smallest absolute Gasteiger partial charge is 0.381 e. The van der Waals surface area contributed by atoms with E-state index in [4.69, 9.17) is 0 Å². The monoisotopic (exact) mass is 407 g/mol. The van der Waals surface area contributed by atoms with Crippen LogP contribution < -0.4 is 5.32 Å². The Balaban J connectivity index is 2.02. The molecule has 0 fully saturated rings. The third-order valence-electron chi connectivity index (χ3n) is 2.69. The highest BCUT2D eigenvalue weighted by Crippen LogP contribution is 2.30. The zero-order valence-corrected chi connectivity index (χ0v) is 13.3. The first kappa shape index (κ1) is 15.4. The molecular weight excluding hydrogens is 399 g/mol. The van der Waals surface area contributed by atoms with Crippen molar-refractivity contribution in [1.29, 1.82) is 0 Å². The predicted molar refractivity (Wildman–Crippen MR) is 80.6 cm³/mol. The average Bonchev–Trinajstić information content (AvgIpc) is 2.40. The quantitative estimate of drug-likeness (QED) is 0.672. The molecular formula is C14H10Br2F3N. The molecule has 6 heteroatoms. The molecule has 0 saturated carbocycles. The number of anilines is 1. The van der Waals surface area contributed by atoms with Crippen molar-refractivity contribution in [3.05, 3.63) is 62.5 Å². The lowest BCUT2D eigenvalue weighted by atomic mass is 10.2. The van der Waals surface area contributed by atoms with Crippen molar-refractivity contribution in [2.24, 2.45) is 0 Å². The van der Waals surface area contributed by atoms with E-state index < -0.39 is 11.7 Å². The molecule has 0 aliphatic carbocycles. The standard InChI is InChI=1S/C14H10Br2F3N/c15-12-6-1-9(7-13(12)16)8-20-11-4-2-10(3-5-11)14(17,18)19/h1-7,20H,8H2. The molecule has 20 heavy (non-hydrogen) atoms. The maximum Gasteiger partial charge on any atom is 0.416 e. The number of halogens is 5. The van der Waals surface area contributed by atoms with Gasteiger partial charge in [-0.05, 0) is 73.8 Å². The molecule has 106 valence electrons. The van der Waals surface area contributed by atoms with Crippen molar-refractivity contribution in [1.82, 2.24) is 0 Å². The van der Waals surface area contributed by atoms with Crippen molar-refractivity contribution in [3.8, 4) is 0 Å². The molecule has 0 saturated heterocycles. The fraction of sp³-hybridized carbons (Fsp3) is 0.143. The molecule has 0 aliphatic rings. The van der Waals surface area contributed by atoms with Crippen LogP contribution in [0, 0.1) is 0 Å². The maximum absolute atomic E-state index is 12.4. The summed E-state index contributed by atoms with van der Waals surface area (Å²) in [5, 5.41) is 3.08. The van der Waals surface area contributed by atoms with Gasteiger partial charge in [-0.25, -0.2) is 0 Å². The highest BCUT2D eigenvalue weighted by molar-refractivity contribution is 9.13. The zero-order chi connectivity index (χ0) is 14.8. The molecule has 1 N–H and O–H groups in total. The molecule has 2 aromatic carbocycles. The Labute approximate surface area is 131 Å². The summed E-state index contributed by atoms with van der Waals surface area (Å²) in [7, 11) is 0. The van der Waals surface area contributed by atoms with Gasteiger partial charge in [-0.2, -0.15) is 13.2 Å². The van der Waals surface area contributed by atoms with Gasteiger partial charge in [0.15, 0.2) is 0 Å².